The minimum absolute atomic E-state index is 0.0138. The second-order valence-electron chi connectivity index (χ2n) is 8.28. The largest absolute Gasteiger partial charge is 0.491 e. The van der Waals surface area contributed by atoms with E-state index >= 15 is 0 Å². The Balaban J connectivity index is 1.46. The van der Waals surface area contributed by atoms with E-state index in [-0.39, 0.29) is 19.1 Å². The van der Waals surface area contributed by atoms with Gasteiger partial charge < -0.3 is 15.2 Å². The molecule has 162 valence electrons. The third-order valence-corrected chi connectivity index (χ3v) is 6.09. The van der Waals surface area contributed by atoms with Crippen molar-refractivity contribution in [1.82, 2.24) is 10.2 Å². The van der Waals surface area contributed by atoms with Crippen molar-refractivity contribution in [2.45, 2.75) is 38.7 Å². The molecule has 1 saturated heterocycles. The number of carbonyl (C=O) groups is 1. The van der Waals surface area contributed by atoms with E-state index in [1.165, 1.54) is 5.56 Å². The van der Waals surface area contributed by atoms with E-state index in [9.17, 15) is 9.90 Å². The van der Waals surface area contributed by atoms with Gasteiger partial charge in [-0.25, -0.2) is 0 Å². The Kier molecular flexibility index (Phi) is 7.75. The van der Waals surface area contributed by atoms with E-state index in [2.05, 4.69) is 17.4 Å². The molecule has 0 spiro atoms. The fourth-order valence-corrected chi connectivity index (χ4v) is 4.03. The molecular weight excluding hydrogens is 400 g/mol. The zero-order valence-electron chi connectivity index (χ0n) is 17.8. The van der Waals surface area contributed by atoms with Gasteiger partial charge in [0.05, 0.1) is 6.54 Å². The first-order valence-corrected chi connectivity index (χ1v) is 10.9. The number of ether oxygens (including phenoxy) is 1. The third kappa shape index (κ3) is 6.46. The first kappa shape index (κ1) is 22.6. The minimum Gasteiger partial charge on any atom is -0.491 e. The van der Waals surface area contributed by atoms with Crippen LogP contribution in [0.25, 0.3) is 0 Å². The van der Waals surface area contributed by atoms with Gasteiger partial charge >= 0.3 is 0 Å². The average Bonchev–Trinajstić information content (AvgIpc) is 2.71. The fourth-order valence-electron chi connectivity index (χ4n) is 3.92. The SMILES string of the molecule is Cc1cc(OCC2(O)CCCN(CC(=O)NCCc3ccccc3)C2)cc(C)c1Cl. The van der Waals surface area contributed by atoms with Gasteiger partial charge in [0.15, 0.2) is 0 Å². The second-order valence-corrected chi connectivity index (χ2v) is 8.66. The summed E-state index contributed by atoms with van der Waals surface area (Å²) < 4.78 is 5.90. The number of β-amino-alcohol motifs (C(OH)–C–C–N with tert-alkyl or cyclic N) is 1. The van der Waals surface area contributed by atoms with Crippen LogP contribution in [0.1, 0.15) is 29.5 Å². The highest BCUT2D eigenvalue weighted by Crippen LogP contribution is 2.28. The van der Waals surface area contributed by atoms with E-state index in [4.69, 9.17) is 16.3 Å². The molecule has 1 aliphatic heterocycles. The van der Waals surface area contributed by atoms with Crippen LogP contribution in [0.3, 0.4) is 0 Å². The van der Waals surface area contributed by atoms with Gasteiger partial charge in [-0.05, 0) is 68.5 Å². The van der Waals surface area contributed by atoms with E-state index in [0.29, 0.717) is 25.3 Å². The molecule has 1 aliphatic rings. The summed E-state index contributed by atoms with van der Waals surface area (Å²) in [6.45, 7) is 6.19. The molecule has 2 aromatic carbocycles. The van der Waals surface area contributed by atoms with Gasteiger partial charge in [-0.3, -0.25) is 9.69 Å². The summed E-state index contributed by atoms with van der Waals surface area (Å²) >= 11 is 6.21. The first-order chi connectivity index (χ1) is 14.3. The Labute approximate surface area is 184 Å². The summed E-state index contributed by atoms with van der Waals surface area (Å²) in [5.74, 6) is 0.693. The number of aryl methyl sites for hydroxylation is 2. The van der Waals surface area contributed by atoms with E-state index in [0.717, 1.165) is 35.5 Å². The van der Waals surface area contributed by atoms with Gasteiger partial charge in [-0.15, -0.1) is 0 Å². The summed E-state index contributed by atoms with van der Waals surface area (Å²) in [5, 5.41) is 14.7. The number of nitrogens with zero attached hydrogens (tertiary/aromatic N) is 1. The van der Waals surface area contributed by atoms with Gasteiger partial charge in [-0.2, -0.15) is 0 Å². The van der Waals surface area contributed by atoms with Crippen LogP contribution >= 0.6 is 11.6 Å². The highest BCUT2D eigenvalue weighted by atomic mass is 35.5. The lowest BCUT2D eigenvalue weighted by Crippen LogP contribution is -2.53. The number of benzene rings is 2. The summed E-state index contributed by atoms with van der Waals surface area (Å²) in [7, 11) is 0. The van der Waals surface area contributed by atoms with Gasteiger partial charge in [-0.1, -0.05) is 41.9 Å². The quantitative estimate of drug-likeness (QED) is 0.672. The van der Waals surface area contributed by atoms with Crippen molar-refractivity contribution < 1.29 is 14.6 Å². The molecule has 2 N–H and O–H groups in total. The number of carbonyl (C=O) groups excluding carboxylic acids is 1. The number of hydrogen-bond acceptors (Lipinski definition) is 4. The molecule has 0 aromatic heterocycles. The Morgan fingerprint density at radius 2 is 1.93 bits per heavy atom. The first-order valence-electron chi connectivity index (χ1n) is 10.5. The standard InChI is InChI=1S/C24H31ClN2O3/c1-18-13-21(14-19(2)23(18)25)30-17-24(29)10-6-12-27(16-24)15-22(28)26-11-9-20-7-4-3-5-8-20/h3-5,7-8,13-14,29H,6,9-12,15-17H2,1-2H3,(H,26,28). The van der Waals surface area contributed by atoms with Gasteiger partial charge in [0.2, 0.25) is 5.91 Å². The van der Waals surface area contributed by atoms with Gasteiger partial charge in [0.25, 0.3) is 0 Å². The van der Waals surface area contributed by atoms with Crippen molar-refractivity contribution in [2.24, 2.45) is 0 Å². The zero-order chi connectivity index (χ0) is 21.6. The molecule has 0 bridgehead atoms. The molecule has 30 heavy (non-hydrogen) atoms. The summed E-state index contributed by atoms with van der Waals surface area (Å²) in [6, 6.07) is 13.9. The summed E-state index contributed by atoms with van der Waals surface area (Å²) in [6.07, 6.45) is 2.30. The summed E-state index contributed by atoms with van der Waals surface area (Å²) in [5.41, 5.74) is 2.14. The number of piperidine rings is 1. The number of likely N-dealkylation sites (tertiary alicyclic amines) is 1. The highest BCUT2D eigenvalue weighted by Gasteiger charge is 2.34. The van der Waals surface area contributed by atoms with Crippen molar-refractivity contribution >= 4 is 17.5 Å². The van der Waals surface area contributed by atoms with E-state index < -0.39 is 5.60 Å². The second kappa shape index (κ2) is 10.3. The molecule has 1 fully saturated rings. The number of hydrogen-bond donors (Lipinski definition) is 2. The molecule has 1 atom stereocenters. The summed E-state index contributed by atoms with van der Waals surface area (Å²) in [4.78, 5) is 14.3. The maximum atomic E-state index is 12.3. The van der Waals surface area contributed by atoms with Crippen LogP contribution in [0.4, 0.5) is 0 Å². The number of halogens is 1. The zero-order valence-corrected chi connectivity index (χ0v) is 18.5. The number of aliphatic hydroxyl groups is 1. The van der Waals surface area contributed by atoms with Crippen LogP contribution in [-0.4, -0.2) is 54.3 Å². The van der Waals surface area contributed by atoms with Crippen LogP contribution in [-0.2, 0) is 11.2 Å². The number of amides is 1. The number of rotatable bonds is 8. The molecule has 0 aliphatic carbocycles. The van der Waals surface area contributed by atoms with Crippen molar-refractivity contribution in [3.63, 3.8) is 0 Å². The molecule has 2 aromatic rings. The Morgan fingerprint density at radius 3 is 2.63 bits per heavy atom. The average molecular weight is 431 g/mol. The monoisotopic (exact) mass is 430 g/mol. The lowest BCUT2D eigenvalue weighted by molar-refractivity contribution is -0.124. The molecule has 5 nitrogen and oxygen atoms in total. The van der Waals surface area contributed by atoms with Crippen LogP contribution in [0.5, 0.6) is 5.75 Å². The van der Waals surface area contributed by atoms with Crippen molar-refractivity contribution in [1.29, 1.82) is 0 Å². The molecular formula is C24H31ClN2O3. The van der Waals surface area contributed by atoms with Crippen molar-refractivity contribution in [2.75, 3.05) is 32.8 Å². The Morgan fingerprint density at radius 1 is 1.23 bits per heavy atom. The predicted molar refractivity (Wildman–Crippen MR) is 120 cm³/mol. The van der Waals surface area contributed by atoms with E-state index in [1.54, 1.807) is 0 Å². The van der Waals surface area contributed by atoms with Crippen molar-refractivity contribution in [3.8, 4) is 5.75 Å². The molecule has 1 unspecified atom stereocenters. The number of nitrogens with one attached hydrogen (secondary N) is 1. The molecule has 3 rings (SSSR count). The highest BCUT2D eigenvalue weighted by molar-refractivity contribution is 6.32. The Bertz CT molecular complexity index is 836. The van der Waals surface area contributed by atoms with Crippen LogP contribution in [0.2, 0.25) is 5.02 Å². The molecule has 1 amide bonds. The van der Waals surface area contributed by atoms with Gasteiger partial charge in [0.1, 0.15) is 18.0 Å². The fraction of sp³-hybridized carbons (Fsp3) is 0.458. The Hall–Kier alpha value is -2.08. The molecule has 0 radical (unpaired) electrons. The van der Waals surface area contributed by atoms with Crippen LogP contribution < -0.4 is 10.1 Å². The topological polar surface area (TPSA) is 61.8 Å². The van der Waals surface area contributed by atoms with Crippen LogP contribution in [0.15, 0.2) is 42.5 Å². The van der Waals surface area contributed by atoms with Crippen molar-refractivity contribution in [3.05, 3.63) is 64.2 Å². The lowest BCUT2D eigenvalue weighted by Gasteiger charge is -2.38. The molecule has 1 heterocycles. The normalized spacial score (nSPS) is 19.5. The van der Waals surface area contributed by atoms with Crippen LogP contribution in [0, 0.1) is 13.8 Å². The molecule has 0 saturated carbocycles. The van der Waals surface area contributed by atoms with E-state index in [1.807, 2.05) is 49.1 Å². The smallest absolute Gasteiger partial charge is 0.234 e. The lowest BCUT2D eigenvalue weighted by atomic mass is 9.93. The predicted octanol–water partition coefficient (Wildman–Crippen LogP) is 3.52. The maximum Gasteiger partial charge on any atom is 0.234 e. The van der Waals surface area contributed by atoms with Gasteiger partial charge in [0, 0.05) is 18.1 Å². The minimum atomic E-state index is -0.968. The maximum absolute atomic E-state index is 12.3. The molecule has 6 heteroatoms. The third-order valence-electron chi connectivity index (χ3n) is 5.50.